The van der Waals surface area contributed by atoms with Crippen LogP contribution in [0.3, 0.4) is 0 Å². The second-order valence-corrected chi connectivity index (χ2v) is 6.75. The Bertz CT molecular complexity index is 728. The topological polar surface area (TPSA) is 50.2 Å². The Morgan fingerprint density at radius 3 is 2.92 bits per heavy atom. The van der Waals surface area contributed by atoms with E-state index in [9.17, 15) is 4.79 Å². The number of likely N-dealkylation sites (tertiary alicyclic amines) is 1. The lowest BCUT2D eigenvalue weighted by molar-refractivity contribution is 0.0636. The first-order chi connectivity index (χ1) is 11.6. The number of anilines is 1. The van der Waals surface area contributed by atoms with Gasteiger partial charge < -0.3 is 14.8 Å². The van der Waals surface area contributed by atoms with Gasteiger partial charge in [-0.05, 0) is 44.4 Å². The van der Waals surface area contributed by atoms with Gasteiger partial charge in [-0.2, -0.15) is 0 Å². The van der Waals surface area contributed by atoms with Gasteiger partial charge in [0.2, 0.25) is 0 Å². The summed E-state index contributed by atoms with van der Waals surface area (Å²) in [4.78, 5) is 19.0. The monoisotopic (exact) mass is 346 g/mol. The molecule has 1 aromatic heterocycles. The first kappa shape index (κ1) is 16.8. The minimum atomic E-state index is 0.0304. The average molecular weight is 347 g/mol. The molecule has 0 saturated carbocycles. The molecule has 2 aromatic rings. The molecule has 1 aromatic carbocycles. The number of nitrogens with one attached hydrogen (secondary N) is 1. The van der Waals surface area contributed by atoms with Crippen LogP contribution in [-0.4, -0.2) is 32.9 Å². The summed E-state index contributed by atoms with van der Waals surface area (Å²) in [6, 6.07) is 5.80. The largest absolute Gasteiger partial charge is 0.378 e. The van der Waals surface area contributed by atoms with Gasteiger partial charge in [-0.1, -0.05) is 11.6 Å². The maximum Gasteiger partial charge on any atom is 0.255 e. The molecule has 0 radical (unpaired) electrons. The molecule has 0 aliphatic carbocycles. The SMILES string of the molecule is C[C@@H]1CCCCN1C(=O)c1ccc(NCc2nccn2C)cc1Cl. The van der Waals surface area contributed by atoms with Crippen LogP contribution in [0.15, 0.2) is 30.6 Å². The fourth-order valence-corrected chi connectivity index (χ4v) is 3.36. The number of aryl methyl sites for hydroxylation is 1. The second-order valence-electron chi connectivity index (χ2n) is 6.35. The molecule has 128 valence electrons. The van der Waals surface area contributed by atoms with Gasteiger partial charge in [-0.25, -0.2) is 4.98 Å². The molecule has 1 saturated heterocycles. The number of imidazole rings is 1. The summed E-state index contributed by atoms with van der Waals surface area (Å²) in [6.07, 6.45) is 7.00. The van der Waals surface area contributed by atoms with E-state index in [4.69, 9.17) is 11.6 Å². The van der Waals surface area contributed by atoms with Crippen molar-refractivity contribution >= 4 is 23.2 Å². The van der Waals surface area contributed by atoms with Crippen LogP contribution < -0.4 is 5.32 Å². The van der Waals surface area contributed by atoms with Crippen molar-refractivity contribution < 1.29 is 4.79 Å². The quantitative estimate of drug-likeness (QED) is 0.918. The van der Waals surface area contributed by atoms with Gasteiger partial charge in [0, 0.05) is 37.7 Å². The predicted octanol–water partition coefficient (Wildman–Crippen LogP) is 3.70. The van der Waals surface area contributed by atoms with E-state index in [1.165, 1.54) is 6.42 Å². The zero-order valence-corrected chi connectivity index (χ0v) is 14.9. The van der Waals surface area contributed by atoms with E-state index in [0.29, 0.717) is 17.1 Å². The van der Waals surface area contributed by atoms with Crippen LogP contribution in [0, 0.1) is 0 Å². The molecular formula is C18H23ClN4O. The van der Waals surface area contributed by atoms with Gasteiger partial charge in [0.1, 0.15) is 5.82 Å². The number of nitrogens with zero attached hydrogens (tertiary/aromatic N) is 3. The molecule has 0 spiro atoms. The van der Waals surface area contributed by atoms with Gasteiger partial charge in [-0.3, -0.25) is 4.79 Å². The molecule has 6 heteroatoms. The van der Waals surface area contributed by atoms with E-state index in [0.717, 1.165) is 30.9 Å². The number of aromatic nitrogens is 2. The van der Waals surface area contributed by atoms with Gasteiger partial charge >= 0.3 is 0 Å². The normalized spacial score (nSPS) is 17.8. The fraction of sp³-hybridized carbons (Fsp3) is 0.444. The molecule has 2 heterocycles. The van der Waals surface area contributed by atoms with Gasteiger partial charge in [0.05, 0.1) is 17.1 Å². The number of hydrogen-bond donors (Lipinski definition) is 1. The van der Waals surface area contributed by atoms with Crippen molar-refractivity contribution in [2.45, 2.75) is 38.8 Å². The Morgan fingerprint density at radius 2 is 2.25 bits per heavy atom. The lowest BCUT2D eigenvalue weighted by Crippen LogP contribution is -2.42. The Balaban J connectivity index is 1.70. The summed E-state index contributed by atoms with van der Waals surface area (Å²) >= 11 is 6.37. The highest BCUT2D eigenvalue weighted by Gasteiger charge is 2.25. The molecule has 0 bridgehead atoms. The summed E-state index contributed by atoms with van der Waals surface area (Å²) in [5, 5.41) is 3.78. The highest BCUT2D eigenvalue weighted by atomic mass is 35.5. The fourth-order valence-electron chi connectivity index (χ4n) is 3.10. The van der Waals surface area contributed by atoms with Crippen LogP contribution in [0.4, 0.5) is 5.69 Å². The number of carbonyl (C=O) groups is 1. The van der Waals surface area contributed by atoms with Crippen molar-refractivity contribution in [2.75, 3.05) is 11.9 Å². The Labute approximate surface area is 147 Å². The van der Waals surface area contributed by atoms with Crippen LogP contribution in [0.2, 0.25) is 5.02 Å². The summed E-state index contributed by atoms with van der Waals surface area (Å²) in [5.41, 5.74) is 1.46. The van der Waals surface area contributed by atoms with Gasteiger partial charge in [0.25, 0.3) is 5.91 Å². The van der Waals surface area contributed by atoms with Crippen LogP contribution in [0.25, 0.3) is 0 Å². The van der Waals surface area contributed by atoms with E-state index >= 15 is 0 Å². The van der Waals surface area contributed by atoms with Crippen molar-refractivity contribution in [3.63, 3.8) is 0 Å². The van der Waals surface area contributed by atoms with Crippen molar-refractivity contribution in [3.05, 3.63) is 47.0 Å². The number of carbonyl (C=O) groups excluding carboxylic acids is 1. The molecular weight excluding hydrogens is 324 g/mol. The van der Waals surface area contributed by atoms with E-state index < -0.39 is 0 Å². The molecule has 1 amide bonds. The van der Waals surface area contributed by atoms with Crippen molar-refractivity contribution in [1.29, 1.82) is 0 Å². The number of benzene rings is 1. The third kappa shape index (κ3) is 3.56. The summed E-state index contributed by atoms with van der Waals surface area (Å²) in [5.74, 6) is 0.969. The Kier molecular flexibility index (Phi) is 5.09. The third-order valence-electron chi connectivity index (χ3n) is 4.63. The Morgan fingerprint density at radius 1 is 1.42 bits per heavy atom. The Hall–Kier alpha value is -2.01. The number of piperidine rings is 1. The zero-order chi connectivity index (χ0) is 17.1. The molecule has 1 aliphatic rings. The highest BCUT2D eigenvalue weighted by Crippen LogP contribution is 2.26. The smallest absolute Gasteiger partial charge is 0.255 e. The molecule has 1 fully saturated rings. The van der Waals surface area contributed by atoms with Crippen molar-refractivity contribution in [3.8, 4) is 0 Å². The van der Waals surface area contributed by atoms with E-state index in [2.05, 4.69) is 17.2 Å². The summed E-state index contributed by atoms with van der Waals surface area (Å²) < 4.78 is 1.96. The lowest BCUT2D eigenvalue weighted by atomic mass is 10.0. The van der Waals surface area contributed by atoms with Crippen LogP contribution in [0.1, 0.15) is 42.4 Å². The molecule has 0 unspecified atom stereocenters. The maximum atomic E-state index is 12.7. The molecule has 24 heavy (non-hydrogen) atoms. The third-order valence-corrected chi connectivity index (χ3v) is 4.95. The zero-order valence-electron chi connectivity index (χ0n) is 14.1. The van der Waals surface area contributed by atoms with Crippen LogP contribution in [-0.2, 0) is 13.6 Å². The number of halogens is 1. The second kappa shape index (κ2) is 7.26. The highest BCUT2D eigenvalue weighted by molar-refractivity contribution is 6.34. The maximum absolute atomic E-state index is 12.7. The predicted molar refractivity (Wildman–Crippen MR) is 96.3 cm³/mol. The summed E-state index contributed by atoms with van der Waals surface area (Å²) in [7, 11) is 1.96. The molecule has 1 atom stereocenters. The average Bonchev–Trinajstić information content (AvgIpc) is 2.98. The van der Waals surface area contributed by atoms with Gasteiger partial charge in [-0.15, -0.1) is 0 Å². The molecule has 5 nitrogen and oxygen atoms in total. The van der Waals surface area contributed by atoms with E-state index in [1.54, 1.807) is 6.20 Å². The minimum Gasteiger partial charge on any atom is -0.378 e. The molecule has 1 aliphatic heterocycles. The first-order valence-electron chi connectivity index (χ1n) is 8.37. The van der Waals surface area contributed by atoms with E-state index in [-0.39, 0.29) is 11.9 Å². The molecule has 3 rings (SSSR count). The van der Waals surface area contributed by atoms with Crippen molar-refractivity contribution in [2.24, 2.45) is 7.05 Å². The molecule has 1 N–H and O–H groups in total. The number of rotatable bonds is 4. The first-order valence-corrected chi connectivity index (χ1v) is 8.74. The standard InChI is InChI=1S/C18H23ClN4O/c1-13-5-3-4-9-23(13)18(24)15-7-6-14(11-16(15)19)21-12-17-20-8-10-22(17)2/h6-8,10-11,13,21H,3-5,9,12H2,1-2H3/t13-/m1/s1. The van der Waals surface area contributed by atoms with Gasteiger partial charge in [0.15, 0.2) is 0 Å². The van der Waals surface area contributed by atoms with Crippen LogP contribution in [0.5, 0.6) is 0 Å². The van der Waals surface area contributed by atoms with Crippen molar-refractivity contribution in [1.82, 2.24) is 14.5 Å². The van der Waals surface area contributed by atoms with E-state index in [1.807, 2.05) is 40.9 Å². The van der Waals surface area contributed by atoms with Crippen LogP contribution >= 0.6 is 11.6 Å². The number of hydrogen-bond acceptors (Lipinski definition) is 3. The summed E-state index contributed by atoms with van der Waals surface area (Å²) in [6.45, 7) is 3.53. The lowest BCUT2D eigenvalue weighted by Gasteiger charge is -2.33. The number of amides is 1. The minimum absolute atomic E-state index is 0.0304.